The summed E-state index contributed by atoms with van der Waals surface area (Å²) < 4.78 is 5.38. The highest BCUT2D eigenvalue weighted by Crippen LogP contribution is 2.32. The van der Waals surface area contributed by atoms with Crippen molar-refractivity contribution in [1.29, 1.82) is 0 Å². The van der Waals surface area contributed by atoms with E-state index in [0.29, 0.717) is 0 Å². The second-order valence-electron chi connectivity index (χ2n) is 5.88. The lowest BCUT2D eigenvalue weighted by atomic mass is 9.83. The summed E-state index contributed by atoms with van der Waals surface area (Å²) in [6.07, 6.45) is 0. The molecule has 1 fully saturated rings. The van der Waals surface area contributed by atoms with E-state index in [9.17, 15) is 4.79 Å². The van der Waals surface area contributed by atoms with Crippen molar-refractivity contribution >= 4 is 5.78 Å². The number of benzene rings is 1. The zero-order chi connectivity index (χ0) is 13.3. The molecule has 3 nitrogen and oxygen atoms in total. The third kappa shape index (κ3) is 2.41. The number of ketones is 1. The van der Waals surface area contributed by atoms with Crippen LogP contribution < -0.4 is 10.1 Å². The number of hydrogen-bond acceptors (Lipinski definition) is 3. The summed E-state index contributed by atoms with van der Waals surface area (Å²) in [5.74, 6) is 1.24. The minimum Gasteiger partial charge on any atom is -0.496 e. The second kappa shape index (κ2) is 4.73. The molecule has 18 heavy (non-hydrogen) atoms. The van der Waals surface area contributed by atoms with Gasteiger partial charge in [-0.25, -0.2) is 0 Å². The quantitative estimate of drug-likeness (QED) is 0.833. The van der Waals surface area contributed by atoms with Crippen molar-refractivity contribution in [2.75, 3.05) is 20.2 Å². The first kappa shape index (κ1) is 13.1. The van der Waals surface area contributed by atoms with Gasteiger partial charge in [0.15, 0.2) is 5.78 Å². The minimum absolute atomic E-state index is 0.0283. The predicted octanol–water partition coefficient (Wildman–Crippen LogP) is 2.39. The van der Waals surface area contributed by atoms with Gasteiger partial charge in [-0.1, -0.05) is 20.8 Å². The molecule has 1 aliphatic heterocycles. The molecule has 0 atom stereocenters. The second-order valence-corrected chi connectivity index (χ2v) is 5.88. The van der Waals surface area contributed by atoms with Gasteiger partial charge in [-0.3, -0.25) is 4.79 Å². The molecule has 0 spiro atoms. The molecule has 0 aliphatic carbocycles. The number of nitrogens with one attached hydrogen (secondary N) is 1. The number of carbonyl (C=O) groups excluding carboxylic acids is 1. The van der Waals surface area contributed by atoms with Crippen molar-refractivity contribution in [3.63, 3.8) is 0 Å². The molecule has 0 aromatic heterocycles. The first-order valence-electron chi connectivity index (χ1n) is 6.37. The third-order valence-electron chi connectivity index (χ3n) is 3.44. The Hall–Kier alpha value is -1.35. The van der Waals surface area contributed by atoms with E-state index in [-0.39, 0.29) is 17.1 Å². The molecule has 1 aromatic carbocycles. The van der Waals surface area contributed by atoms with Crippen molar-refractivity contribution in [1.82, 2.24) is 5.32 Å². The molecule has 1 N–H and O–H groups in total. The molecular weight excluding hydrogens is 226 g/mol. The first-order valence-corrected chi connectivity index (χ1v) is 6.37. The van der Waals surface area contributed by atoms with Crippen molar-refractivity contribution < 1.29 is 9.53 Å². The van der Waals surface area contributed by atoms with Crippen molar-refractivity contribution in [3.05, 3.63) is 29.3 Å². The van der Waals surface area contributed by atoms with Crippen LogP contribution in [0.2, 0.25) is 0 Å². The van der Waals surface area contributed by atoms with Gasteiger partial charge in [-0.2, -0.15) is 0 Å². The Labute approximate surface area is 109 Å². The number of methoxy groups -OCH3 is 1. The van der Waals surface area contributed by atoms with E-state index < -0.39 is 0 Å². The third-order valence-corrected chi connectivity index (χ3v) is 3.44. The highest BCUT2D eigenvalue weighted by molar-refractivity contribution is 5.99. The number of Topliss-reactive ketones (excluding diaryl/α,β-unsaturated/α-hetero) is 1. The highest BCUT2D eigenvalue weighted by atomic mass is 16.5. The highest BCUT2D eigenvalue weighted by Gasteiger charge is 2.27. The summed E-state index contributed by atoms with van der Waals surface area (Å²) in [7, 11) is 1.67. The van der Waals surface area contributed by atoms with Crippen LogP contribution in [0, 0.1) is 5.92 Å². The maximum Gasteiger partial charge on any atom is 0.168 e. The van der Waals surface area contributed by atoms with E-state index >= 15 is 0 Å². The lowest BCUT2D eigenvalue weighted by Gasteiger charge is -2.27. The van der Waals surface area contributed by atoms with Gasteiger partial charge < -0.3 is 10.1 Å². The Morgan fingerprint density at radius 2 is 2.00 bits per heavy atom. The summed E-state index contributed by atoms with van der Waals surface area (Å²) in [6.45, 7) is 7.99. The lowest BCUT2D eigenvalue weighted by molar-refractivity contribution is 0.0878. The van der Waals surface area contributed by atoms with E-state index in [4.69, 9.17) is 4.74 Å². The van der Waals surface area contributed by atoms with Crippen LogP contribution in [-0.2, 0) is 5.41 Å². The molecule has 0 bridgehead atoms. The van der Waals surface area contributed by atoms with E-state index in [1.807, 2.05) is 18.2 Å². The van der Waals surface area contributed by atoms with Crippen molar-refractivity contribution in [2.24, 2.45) is 5.92 Å². The largest absolute Gasteiger partial charge is 0.496 e. The fourth-order valence-electron chi connectivity index (χ4n) is 2.16. The molecule has 3 heteroatoms. The first-order chi connectivity index (χ1) is 8.43. The van der Waals surface area contributed by atoms with Gasteiger partial charge in [-0.05, 0) is 23.6 Å². The molecular formula is C15H21NO2. The van der Waals surface area contributed by atoms with Gasteiger partial charge in [0.25, 0.3) is 0 Å². The van der Waals surface area contributed by atoms with Crippen LogP contribution >= 0.6 is 0 Å². The van der Waals surface area contributed by atoms with E-state index in [2.05, 4.69) is 26.1 Å². The van der Waals surface area contributed by atoms with Gasteiger partial charge in [0.2, 0.25) is 0 Å². The van der Waals surface area contributed by atoms with E-state index in [1.54, 1.807) is 7.11 Å². The number of hydrogen-bond donors (Lipinski definition) is 1. The Kier molecular flexibility index (Phi) is 3.44. The number of carbonyl (C=O) groups is 1. The van der Waals surface area contributed by atoms with Crippen LogP contribution in [0.4, 0.5) is 0 Å². The maximum absolute atomic E-state index is 12.2. The standard InChI is InChI=1S/C15H21NO2/c1-15(2,3)12-7-10(5-6-13(12)18-4)14(17)11-8-16-9-11/h5-7,11,16H,8-9H2,1-4H3. The molecule has 1 heterocycles. The van der Waals surface area contributed by atoms with Crippen LogP contribution in [0.3, 0.4) is 0 Å². The molecule has 0 radical (unpaired) electrons. The Morgan fingerprint density at radius 1 is 1.33 bits per heavy atom. The van der Waals surface area contributed by atoms with Gasteiger partial charge in [0.05, 0.1) is 7.11 Å². The fraction of sp³-hybridized carbons (Fsp3) is 0.533. The van der Waals surface area contributed by atoms with Crippen LogP contribution in [0.5, 0.6) is 5.75 Å². The fourth-order valence-corrected chi connectivity index (χ4v) is 2.16. The Balaban J connectivity index is 2.36. The Morgan fingerprint density at radius 3 is 2.44 bits per heavy atom. The monoisotopic (exact) mass is 247 g/mol. The van der Waals surface area contributed by atoms with Crippen LogP contribution in [0.1, 0.15) is 36.7 Å². The number of ether oxygens (including phenoxy) is 1. The summed E-state index contributed by atoms with van der Waals surface area (Å²) in [4.78, 5) is 12.2. The summed E-state index contributed by atoms with van der Waals surface area (Å²) in [5, 5.41) is 3.13. The van der Waals surface area contributed by atoms with Gasteiger partial charge >= 0.3 is 0 Å². The lowest BCUT2D eigenvalue weighted by Crippen LogP contribution is -2.46. The zero-order valence-corrected chi connectivity index (χ0v) is 11.5. The topological polar surface area (TPSA) is 38.3 Å². The van der Waals surface area contributed by atoms with Gasteiger partial charge in [-0.15, -0.1) is 0 Å². The minimum atomic E-state index is -0.0283. The zero-order valence-electron chi connectivity index (χ0n) is 11.5. The maximum atomic E-state index is 12.2. The van der Waals surface area contributed by atoms with E-state index in [1.165, 1.54) is 0 Å². The van der Waals surface area contributed by atoms with Crippen LogP contribution in [-0.4, -0.2) is 26.0 Å². The molecule has 1 aliphatic rings. The molecule has 0 amide bonds. The average molecular weight is 247 g/mol. The summed E-state index contributed by atoms with van der Waals surface area (Å²) in [6, 6.07) is 5.76. The number of rotatable bonds is 3. The molecule has 2 rings (SSSR count). The van der Waals surface area contributed by atoms with Gasteiger partial charge in [0.1, 0.15) is 5.75 Å². The van der Waals surface area contributed by atoms with E-state index in [0.717, 1.165) is 30.0 Å². The Bertz CT molecular complexity index is 456. The molecule has 1 aromatic rings. The summed E-state index contributed by atoms with van der Waals surface area (Å²) in [5.41, 5.74) is 1.86. The van der Waals surface area contributed by atoms with Crippen molar-refractivity contribution in [2.45, 2.75) is 26.2 Å². The summed E-state index contributed by atoms with van der Waals surface area (Å²) >= 11 is 0. The SMILES string of the molecule is COc1ccc(C(=O)C2CNC2)cc1C(C)(C)C. The van der Waals surface area contributed by atoms with Crippen LogP contribution in [0.25, 0.3) is 0 Å². The smallest absolute Gasteiger partial charge is 0.168 e. The average Bonchev–Trinajstić information content (AvgIpc) is 2.24. The molecule has 0 saturated carbocycles. The van der Waals surface area contributed by atoms with Crippen molar-refractivity contribution in [3.8, 4) is 5.75 Å². The van der Waals surface area contributed by atoms with Crippen LogP contribution in [0.15, 0.2) is 18.2 Å². The molecule has 98 valence electrons. The molecule has 1 saturated heterocycles. The predicted molar refractivity (Wildman–Crippen MR) is 72.4 cm³/mol. The van der Waals surface area contributed by atoms with Gasteiger partial charge in [0, 0.05) is 30.1 Å². The normalized spacial score (nSPS) is 16.2. The molecule has 0 unspecified atom stereocenters.